The number of anilines is 1. The van der Waals surface area contributed by atoms with Gasteiger partial charge < -0.3 is 5.32 Å². The fourth-order valence-corrected chi connectivity index (χ4v) is 3.71. The lowest BCUT2D eigenvalue weighted by Crippen LogP contribution is -2.28. The molecule has 0 spiro atoms. The van der Waals surface area contributed by atoms with Crippen LogP contribution in [0.3, 0.4) is 0 Å². The first-order chi connectivity index (χ1) is 11.2. The van der Waals surface area contributed by atoms with Gasteiger partial charge in [0, 0.05) is 10.7 Å². The molecule has 0 aliphatic heterocycles. The Bertz CT molecular complexity index is 904. The molecule has 0 radical (unpaired) electrons. The van der Waals surface area contributed by atoms with Crippen LogP contribution in [0.2, 0.25) is 5.02 Å². The van der Waals surface area contributed by atoms with Crippen molar-refractivity contribution in [2.75, 3.05) is 5.32 Å². The number of nitrogens with two attached hydrogens (primary N) is 1. The summed E-state index contributed by atoms with van der Waals surface area (Å²) in [5, 5.41) is 8.63. The third-order valence-corrected chi connectivity index (χ3v) is 5.64. The van der Waals surface area contributed by atoms with Crippen molar-refractivity contribution < 1.29 is 13.2 Å². The van der Waals surface area contributed by atoms with Crippen molar-refractivity contribution in [1.29, 1.82) is 0 Å². The van der Waals surface area contributed by atoms with Crippen molar-refractivity contribution in [2.24, 2.45) is 5.14 Å². The molecular weight excluding hydrogens is 348 g/mol. The number of carbonyl (C=O) groups excluding carboxylic acids is 1. The molecule has 1 aliphatic rings. The molecule has 0 heterocycles. The van der Waals surface area contributed by atoms with Crippen LogP contribution in [0.4, 0.5) is 5.69 Å². The van der Waals surface area contributed by atoms with Crippen LogP contribution in [0.25, 0.3) is 0 Å². The molecule has 24 heavy (non-hydrogen) atoms. The lowest BCUT2D eigenvalue weighted by atomic mass is 9.95. The van der Waals surface area contributed by atoms with Crippen LogP contribution in [-0.4, -0.2) is 14.3 Å². The van der Waals surface area contributed by atoms with Crippen LogP contribution >= 0.6 is 11.6 Å². The van der Waals surface area contributed by atoms with E-state index in [4.69, 9.17) is 16.7 Å². The van der Waals surface area contributed by atoms with Crippen LogP contribution in [0.5, 0.6) is 0 Å². The summed E-state index contributed by atoms with van der Waals surface area (Å²) in [6.45, 7) is 1.65. The Balaban J connectivity index is 1.87. The fraction of sp³-hybridized carbons (Fsp3) is 0.235. The molecular formula is C17H17ClN2O3S. The molecule has 0 bridgehead atoms. The fourth-order valence-electron chi connectivity index (χ4n) is 2.78. The highest BCUT2D eigenvalue weighted by atomic mass is 35.5. The number of primary sulfonamides is 1. The Hall–Kier alpha value is -1.89. The van der Waals surface area contributed by atoms with E-state index in [1.807, 2.05) is 12.1 Å². The molecule has 0 aromatic heterocycles. The van der Waals surface area contributed by atoms with Gasteiger partial charge in [-0.25, -0.2) is 13.6 Å². The zero-order valence-corrected chi connectivity index (χ0v) is 14.6. The van der Waals surface area contributed by atoms with Crippen molar-refractivity contribution in [3.8, 4) is 0 Å². The topological polar surface area (TPSA) is 89.3 Å². The Morgan fingerprint density at radius 3 is 2.33 bits per heavy atom. The zero-order chi connectivity index (χ0) is 17.5. The Kier molecular flexibility index (Phi) is 4.15. The summed E-state index contributed by atoms with van der Waals surface area (Å²) in [6, 6.07) is 11.9. The van der Waals surface area contributed by atoms with Crippen LogP contribution in [-0.2, 0) is 20.2 Å². The highest BCUT2D eigenvalue weighted by Gasteiger charge is 2.51. The maximum absolute atomic E-state index is 12.7. The SMILES string of the molecule is Cc1ccc(NC(=O)C2(c3ccc(Cl)cc3)CC2)cc1S(N)(=O)=O. The van der Waals surface area contributed by atoms with Crippen molar-refractivity contribution >= 4 is 33.2 Å². The van der Waals surface area contributed by atoms with Crippen molar-refractivity contribution in [3.63, 3.8) is 0 Å². The van der Waals surface area contributed by atoms with E-state index in [-0.39, 0.29) is 10.8 Å². The first kappa shape index (κ1) is 17.0. The van der Waals surface area contributed by atoms with E-state index >= 15 is 0 Å². The van der Waals surface area contributed by atoms with Crippen molar-refractivity contribution in [2.45, 2.75) is 30.1 Å². The number of carbonyl (C=O) groups is 1. The molecule has 1 aliphatic carbocycles. The van der Waals surface area contributed by atoms with E-state index in [9.17, 15) is 13.2 Å². The van der Waals surface area contributed by atoms with Crippen LogP contribution in [0.15, 0.2) is 47.4 Å². The number of aryl methyl sites for hydroxylation is 1. The minimum atomic E-state index is -3.83. The summed E-state index contributed by atoms with van der Waals surface area (Å²) < 4.78 is 23.2. The Morgan fingerprint density at radius 2 is 1.79 bits per heavy atom. The van der Waals surface area contributed by atoms with Crippen LogP contribution in [0.1, 0.15) is 24.0 Å². The molecule has 0 atom stereocenters. The highest BCUT2D eigenvalue weighted by Crippen LogP contribution is 2.49. The van der Waals surface area contributed by atoms with Gasteiger partial charge in [-0.1, -0.05) is 29.8 Å². The number of sulfonamides is 1. The number of amides is 1. The summed E-state index contributed by atoms with van der Waals surface area (Å²) >= 11 is 5.90. The van der Waals surface area contributed by atoms with Crippen LogP contribution in [0, 0.1) is 6.92 Å². The number of hydrogen-bond acceptors (Lipinski definition) is 3. The molecule has 5 nitrogen and oxygen atoms in total. The second-order valence-corrected chi connectivity index (χ2v) is 8.03. The Labute approximate surface area is 145 Å². The van der Waals surface area contributed by atoms with E-state index < -0.39 is 15.4 Å². The van der Waals surface area contributed by atoms with Gasteiger partial charge in [-0.15, -0.1) is 0 Å². The minimum Gasteiger partial charge on any atom is -0.325 e. The molecule has 7 heteroatoms. The molecule has 0 unspecified atom stereocenters. The Morgan fingerprint density at radius 1 is 1.17 bits per heavy atom. The number of halogens is 1. The number of hydrogen-bond donors (Lipinski definition) is 2. The summed E-state index contributed by atoms with van der Waals surface area (Å²) in [6.07, 6.45) is 1.49. The summed E-state index contributed by atoms with van der Waals surface area (Å²) in [5.41, 5.74) is 1.28. The minimum absolute atomic E-state index is 0.0108. The molecule has 1 fully saturated rings. The predicted octanol–water partition coefficient (Wildman–Crippen LogP) is 2.97. The van der Waals surface area contributed by atoms with Crippen LogP contribution < -0.4 is 10.5 Å². The third kappa shape index (κ3) is 3.17. The predicted molar refractivity (Wildman–Crippen MR) is 93.5 cm³/mol. The van der Waals surface area contributed by atoms with Gasteiger partial charge >= 0.3 is 0 Å². The number of nitrogens with one attached hydrogen (secondary N) is 1. The number of benzene rings is 2. The highest BCUT2D eigenvalue weighted by molar-refractivity contribution is 7.89. The van der Waals surface area contributed by atoms with Gasteiger partial charge in [0.05, 0.1) is 10.3 Å². The quantitative estimate of drug-likeness (QED) is 0.873. The summed E-state index contributed by atoms with van der Waals surface area (Å²) in [4.78, 5) is 12.7. The van der Waals surface area contributed by atoms with Gasteiger partial charge in [-0.2, -0.15) is 0 Å². The van der Waals surface area contributed by atoms with Crippen molar-refractivity contribution in [1.82, 2.24) is 0 Å². The van der Waals surface area contributed by atoms with Gasteiger partial charge in [0.25, 0.3) is 0 Å². The average Bonchev–Trinajstić information content (AvgIpc) is 3.30. The van der Waals surface area contributed by atoms with E-state index in [0.717, 1.165) is 18.4 Å². The lowest BCUT2D eigenvalue weighted by molar-refractivity contribution is -0.118. The molecule has 126 valence electrons. The summed E-state index contributed by atoms with van der Waals surface area (Å²) in [5.74, 6) is -0.158. The zero-order valence-electron chi connectivity index (χ0n) is 13.0. The van der Waals surface area contributed by atoms with Crippen molar-refractivity contribution in [3.05, 3.63) is 58.6 Å². The first-order valence-corrected chi connectivity index (χ1v) is 9.36. The van der Waals surface area contributed by atoms with Gasteiger partial charge in [-0.05, 0) is 55.2 Å². The van der Waals surface area contributed by atoms with Gasteiger partial charge in [-0.3, -0.25) is 4.79 Å². The largest absolute Gasteiger partial charge is 0.325 e. The molecule has 3 rings (SSSR count). The second kappa shape index (κ2) is 5.88. The van der Waals surface area contributed by atoms with E-state index in [0.29, 0.717) is 16.3 Å². The molecule has 1 amide bonds. The molecule has 2 aromatic carbocycles. The third-order valence-electron chi connectivity index (χ3n) is 4.33. The maximum atomic E-state index is 12.7. The van der Waals surface area contributed by atoms with E-state index in [1.54, 1.807) is 31.2 Å². The van der Waals surface area contributed by atoms with E-state index in [1.165, 1.54) is 6.07 Å². The normalized spacial score (nSPS) is 15.8. The van der Waals surface area contributed by atoms with E-state index in [2.05, 4.69) is 5.32 Å². The van der Waals surface area contributed by atoms with Gasteiger partial charge in [0.1, 0.15) is 0 Å². The summed E-state index contributed by atoms with van der Waals surface area (Å²) in [7, 11) is -3.83. The number of rotatable bonds is 4. The molecule has 0 saturated heterocycles. The van der Waals surface area contributed by atoms with Gasteiger partial charge in [0.2, 0.25) is 15.9 Å². The molecule has 1 saturated carbocycles. The maximum Gasteiger partial charge on any atom is 0.238 e. The molecule has 2 aromatic rings. The first-order valence-electron chi connectivity index (χ1n) is 7.43. The standard InChI is InChI=1S/C17H17ClN2O3S/c1-11-2-7-14(10-15(11)24(19,22)23)20-16(21)17(8-9-17)12-3-5-13(18)6-4-12/h2-7,10H,8-9H2,1H3,(H,20,21)(H2,19,22,23). The lowest BCUT2D eigenvalue weighted by Gasteiger charge is -2.16. The monoisotopic (exact) mass is 364 g/mol. The van der Waals surface area contributed by atoms with Gasteiger partial charge in [0.15, 0.2) is 0 Å². The average molecular weight is 365 g/mol. The molecule has 3 N–H and O–H groups in total. The smallest absolute Gasteiger partial charge is 0.238 e. The second-order valence-electron chi connectivity index (χ2n) is 6.07.